The standard InChI is InChI=1S/C15H28/c1-12(2)14-6-10-15(11-7-14)8-4-13(3)5-9-15/h12-14H,4-11H2,1-3H3. The number of hydrogen-bond acceptors (Lipinski definition) is 0. The van der Waals surface area contributed by atoms with Crippen LogP contribution >= 0.6 is 0 Å². The second-order valence-corrected chi connectivity index (χ2v) is 6.76. The lowest BCUT2D eigenvalue weighted by Gasteiger charge is -2.45. The summed E-state index contributed by atoms with van der Waals surface area (Å²) in [6, 6.07) is 0. The van der Waals surface area contributed by atoms with Crippen molar-refractivity contribution in [3.05, 3.63) is 0 Å². The molecule has 2 saturated carbocycles. The highest BCUT2D eigenvalue weighted by atomic mass is 14.4. The van der Waals surface area contributed by atoms with Gasteiger partial charge in [0.15, 0.2) is 0 Å². The van der Waals surface area contributed by atoms with E-state index in [0.717, 1.165) is 23.2 Å². The van der Waals surface area contributed by atoms with E-state index in [2.05, 4.69) is 20.8 Å². The van der Waals surface area contributed by atoms with Crippen molar-refractivity contribution in [1.29, 1.82) is 0 Å². The summed E-state index contributed by atoms with van der Waals surface area (Å²) < 4.78 is 0. The van der Waals surface area contributed by atoms with E-state index in [-0.39, 0.29) is 0 Å². The Morgan fingerprint density at radius 2 is 1.33 bits per heavy atom. The monoisotopic (exact) mass is 208 g/mol. The molecule has 0 aliphatic heterocycles. The molecule has 1 spiro atoms. The van der Waals surface area contributed by atoms with Crippen molar-refractivity contribution in [3.63, 3.8) is 0 Å². The molecule has 2 fully saturated rings. The van der Waals surface area contributed by atoms with Crippen LogP contribution in [0.25, 0.3) is 0 Å². The van der Waals surface area contributed by atoms with E-state index >= 15 is 0 Å². The molecule has 0 bridgehead atoms. The van der Waals surface area contributed by atoms with Gasteiger partial charge in [0.2, 0.25) is 0 Å². The van der Waals surface area contributed by atoms with Crippen LogP contribution in [-0.2, 0) is 0 Å². The first kappa shape index (κ1) is 11.5. The number of hydrogen-bond donors (Lipinski definition) is 0. The highest BCUT2D eigenvalue weighted by Crippen LogP contribution is 2.50. The van der Waals surface area contributed by atoms with Gasteiger partial charge in [0, 0.05) is 0 Å². The third kappa shape index (κ3) is 2.57. The van der Waals surface area contributed by atoms with Crippen LogP contribution in [-0.4, -0.2) is 0 Å². The lowest BCUT2D eigenvalue weighted by atomic mass is 9.60. The van der Waals surface area contributed by atoms with Gasteiger partial charge in [-0.05, 0) is 61.7 Å². The lowest BCUT2D eigenvalue weighted by molar-refractivity contribution is 0.0676. The molecule has 0 amide bonds. The summed E-state index contributed by atoms with van der Waals surface area (Å²) in [5.41, 5.74) is 0.803. The summed E-state index contributed by atoms with van der Waals surface area (Å²) in [6.07, 6.45) is 12.2. The molecule has 0 aromatic rings. The largest absolute Gasteiger partial charge is 0.0625 e. The molecule has 88 valence electrons. The zero-order valence-electron chi connectivity index (χ0n) is 10.9. The van der Waals surface area contributed by atoms with Gasteiger partial charge in [-0.1, -0.05) is 33.6 Å². The van der Waals surface area contributed by atoms with Crippen molar-refractivity contribution in [3.8, 4) is 0 Å². The van der Waals surface area contributed by atoms with Gasteiger partial charge in [-0.25, -0.2) is 0 Å². The van der Waals surface area contributed by atoms with Gasteiger partial charge in [0.25, 0.3) is 0 Å². The molecule has 0 atom stereocenters. The van der Waals surface area contributed by atoms with Crippen molar-refractivity contribution in [1.82, 2.24) is 0 Å². The molecule has 0 N–H and O–H groups in total. The smallest absolute Gasteiger partial charge is 0.0297 e. The Bertz CT molecular complexity index is 186. The molecule has 0 aromatic carbocycles. The maximum Gasteiger partial charge on any atom is -0.0297 e. The maximum atomic E-state index is 2.44. The van der Waals surface area contributed by atoms with Crippen LogP contribution in [0.1, 0.15) is 72.1 Å². The Labute approximate surface area is 95.8 Å². The Balaban J connectivity index is 1.86. The molecule has 2 aliphatic carbocycles. The third-order valence-corrected chi connectivity index (χ3v) is 5.37. The summed E-state index contributed by atoms with van der Waals surface area (Å²) in [6.45, 7) is 7.25. The average Bonchev–Trinajstić information content (AvgIpc) is 2.24. The fourth-order valence-corrected chi connectivity index (χ4v) is 3.79. The second-order valence-electron chi connectivity index (χ2n) is 6.76. The highest BCUT2D eigenvalue weighted by molar-refractivity contribution is 4.89. The van der Waals surface area contributed by atoms with Crippen LogP contribution in [0, 0.1) is 23.2 Å². The second kappa shape index (κ2) is 4.47. The Hall–Kier alpha value is 0. The van der Waals surface area contributed by atoms with Crippen molar-refractivity contribution >= 4 is 0 Å². The first-order chi connectivity index (χ1) is 7.11. The molecule has 0 heteroatoms. The van der Waals surface area contributed by atoms with Crippen LogP contribution in [0.4, 0.5) is 0 Å². The van der Waals surface area contributed by atoms with Gasteiger partial charge in [0.1, 0.15) is 0 Å². The third-order valence-electron chi connectivity index (χ3n) is 5.37. The van der Waals surface area contributed by atoms with Gasteiger partial charge in [-0.3, -0.25) is 0 Å². The Morgan fingerprint density at radius 1 is 0.867 bits per heavy atom. The summed E-state index contributed by atoms with van der Waals surface area (Å²) in [5, 5.41) is 0. The van der Waals surface area contributed by atoms with E-state index in [9.17, 15) is 0 Å². The molecule has 2 aliphatic rings. The van der Waals surface area contributed by atoms with Crippen LogP contribution < -0.4 is 0 Å². The molecule has 0 heterocycles. The predicted octanol–water partition coefficient (Wildman–Crippen LogP) is 5.03. The van der Waals surface area contributed by atoms with E-state index in [0.29, 0.717) is 0 Å². The van der Waals surface area contributed by atoms with E-state index in [4.69, 9.17) is 0 Å². The highest BCUT2D eigenvalue weighted by Gasteiger charge is 2.37. The molecule has 0 nitrogen and oxygen atoms in total. The molecule has 0 radical (unpaired) electrons. The lowest BCUT2D eigenvalue weighted by Crippen LogP contribution is -2.32. The van der Waals surface area contributed by atoms with Gasteiger partial charge in [-0.15, -0.1) is 0 Å². The van der Waals surface area contributed by atoms with Crippen LogP contribution in [0.2, 0.25) is 0 Å². The molecule has 15 heavy (non-hydrogen) atoms. The molecule has 0 aromatic heterocycles. The van der Waals surface area contributed by atoms with Crippen LogP contribution in [0.3, 0.4) is 0 Å². The first-order valence-corrected chi connectivity index (χ1v) is 7.11. The zero-order valence-corrected chi connectivity index (χ0v) is 10.9. The fraction of sp³-hybridized carbons (Fsp3) is 1.00. The fourth-order valence-electron chi connectivity index (χ4n) is 3.79. The molecular weight excluding hydrogens is 180 g/mol. The maximum absolute atomic E-state index is 2.44. The van der Waals surface area contributed by atoms with E-state index in [1.54, 1.807) is 25.7 Å². The minimum atomic E-state index is 0.803. The van der Waals surface area contributed by atoms with Gasteiger partial charge in [-0.2, -0.15) is 0 Å². The summed E-state index contributed by atoms with van der Waals surface area (Å²) in [4.78, 5) is 0. The topological polar surface area (TPSA) is 0 Å². The SMILES string of the molecule is CC1CCC2(CC1)CCC(C(C)C)CC2. The van der Waals surface area contributed by atoms with E-state index in [1.807, 2.05) is 0 Å². The van der Waals surface area contributed by atoms with Crippen molar-refractivity contribution in [2.75, 3.05) is 0 Å². The molecule has 2 rings (SSSR count). The van der Waals surface area contributed by atoms with Gasteiger partial charge in [0.05, 0.1) is 0 Å². The summed E-state index contributed by atoms with van der Waals surface area (Å²) in [5.74, 6) is 2.97. The summed E-state index contributed by atoms with van der Waals surface area (Å²) in [7, 11) is 0. The van der Waals surface area contributed by atoms with Crippen LogP contribution in [0.15, 0.2) is 0 Å². The average molecular weight is 208 g/mol. The van der Waals surface area contributed by atoms with Crippen molar-refractivity contribution in [2.45, 2.75) is 72.1 Å². The summed E-state index contributed by atoms with van der Waals surface area (Å²) >= 11 is 0. The molecule has 0 saturated heterocycles. The quantitative estimate of drug-likeness (QED) is 0.567. The molecule has 0 unspecified atom stereocenters. The predicted molar refractivity (Wildman–Crippen MR) is 66.9 cm³/mol. The number of rotatable bonds is 1. The Morgan fingerprint density at radius 3 is 1.80 bits per heavy atom. The zero-order chi connectivity index (χ0) is 10.9. The molecular formula is C15H28. The van der Waals surface area contributed by atoms with Crippen LogP contribution in [0.5, 0.6) is 0 Å². The van der Waals surface area contributed by atoms with E-state index in [1.165, 1.54) is 25.7 Å². The van der Waals surface area contributed by atoms with E-state index < -0.39 is 0 Å². The van der Waals surface area contributed by atoms with Crippen molar-refractivity contribution in [2.24, 2.45) is 23.2 Å². The minimum Gasteiger partial charge on any atom is -0.0625 e. The Kier molecular flexibility index (Phi) is 3.42. The van der Waals surface area contributed by atoms with Gasteiger partial charge >= 0.3 is 0 Å². The normalized spacial score (nSPS) is 42.4. The first-order valence-electron chi connectivity index (χ1n) is 7.11. The van der Waals surface area contributed by atoms with Gasteiger partial charge < -0.3 is 0 Å². The van der Waals surface area contributed by atoms with Crippen molar-refractivity contribution < 1.29 is 0 Å². The minimum absolute atomic E-state index is 0.803.